The van der Waals surface area contributed by atoms with E-state index < -0.39 is 11.5 Å². The number of hydrogen-bond acceptors (Lipinski definition) is 2. The number of hydrogen-bond donors (Lipinski definition) is 1. The highest BCUT2D eigenvalue weighted by molar-refractivity contribution is 5.78. The highest BCUT2D eigenvalue weighted by Gasteiger charge is 2.40. The first-order valence-electron chi connectivity index (χ1n) is 4.89. The van der Waals surface area contributed by atoms with Crippen LogP contribution >= 0.6 is 0 Å². The molecule has 0 bridgehead atoms. The van der Waals surface area contributed by atoms with E-state index in [0.29, 0.717) is 0 Å². The van der Waals surface area contributed by atoms with Crippen molar-refractivity contribution in [1.82, 2.24) is 4.90 Å². The molecule has 0 aliphatic heterocycles. The summed E-state index contributed by atoms with van der Waals surface area (Å²) in [6.45, 7) is 11.2. The Labute approximate surface area is 80.7 Å². The van der Waals surface area contributed by atoms with Gasteiger partial charge in [-0.05, 0) is 25.9 Å². The van der Waals surface area contributed by atoms with Crippen LogP contribution in [0.5, 0.6) is 0 Å². The smallest absolute Gasteiger partial charge is 0.324 e. The van der Waals surface area contributed by atoms with Crippen LogP contribution in [0.3, 0.4) is 0 Å². The molecule has 0 aliphatic carbocycles. The summed E-state index contributed by atoms with van der Waals surface area (Å²) in [6.07, 6.45) is 0. The molecule has 0 fully saturated rings. The lowest BCUT2D eigenvalue weighted by Crippen LogP contribution is -2.55. The molecule has 1 unspecified atom stereocenters. The van der Waals surface area contributed by atoms with Crippen LogP contribution in [0, 0.1) is 5.92 Å². The number of rotatable bonds is 5. The first-order chi connectivity index (χ1) is 5.91. The van der Waals surface area contributed by atoms with Crippen molar-refractivity contribution < 1.29 is 9.90 Å². The Bertz CT molecular complexity index is 176. The summed E-state index contributed by atoms with van der Waals surface area (Å²) in [5.74, 6) is -0.615. The van der Waals surface area contributed by atoms with E-state index in [-0.39, 0.29) is 5.92 Å². The fourth-order valence-corrected chi connectivity index (χ4v) is 1.63. The number of likely N-dealkylation sites (N-methyl/N-ethyl adjacent to an activating group) is 1. The molecule has 0 aromatic carbocycles. The number of carbonyl (C=O) groups is 1. The minimum Gasteiger partial charge on any atom is -0.480 e. The third-order valence-electron chi connectivity index (χ3n) is 2.98. The van der Waals surface area contributed by atoms with Crippen LogP contribution in [0.4, 0.5) is 0 Å². The van der Waals surface area contributed by atoms with Gasteiger partial charge in [0.1, 0.15) is 5.54 Å². The molecular formula is C10H21NO2. The Morgan fingerprint density at radius 2 is 1.77 bits per heavy atom. The first-order valence-corrected chi connectivity index (χ1v) is 4.89. The molecular weight excluding hydrogens is 166 g/mol. The summed E-state index contributed by atoms with van der Waals surface area (Å²) < 4.78 is 0. The van der Waals surface area contributed by atoms with Crippen molar-refractivity contribution in [2.24, 2.45) is 5.92 Å². The van der Waals surface area contributed by atoms with Crippen molar-refractivity contribution in [3.05, 3.63) is 0 Å². The number of nitrogens with zero attached hydrogens (tertiary/aromatic N) is 1. The molecule has 0 spiro atoms. The van der Waals surface area contributed by atoms with Gasteiger partial charge in [0.15, 0.2) is 0 Å². The Kier molecular flexibility index (Phi) is 4.40. The van der Waals surface area contributed by atoms with Crippen molar-refractivity contribution in [3.8, 4) is 0 Å². The van der Waals surface area contributed by atoms with Crippen LogP contribution in [-0.2, 0) is 4.79 Å². The molecule has 0 saturated carbocycles. The van der Waals surface area contributed by atoms with Crippen molar-refractivity contribution in [3.63, 3.8) is 0 Å². The zero-order chi connectivity index (χ0) is 10.6. The van der Waals surface area contributed by atoms with Crippen LogP contribution in [-0.4, -0.2) is 34.6 Å². The lowest BCUT2D eigenvalue weighted by Gasteiger charge is -2.39. The third-order valence-corrected chi connectivity index (χ3v) is 2.98. The number of carboxylic acid groups (broad SMARTS) is 1. The molecule has 0 aromatic heterocycles. The quantitative estimate of drug-likeness (QED) is 0.713. The van der Waals surface area contributed by atoms with Gasteiger partial charge in [-0.25, -0.2) is 0 Å². The molecule has 1 atom stereocenters. The molecule has 13 heavy (non-hydrogen) atoms. The summed E-state index contributed by atoms with van der Waals surface area (Å²) in [5.41, 5.74) is -0.733. The molecule has 0 radical (unpaired) electrons. The number of carboxylic acids is 1. The molecule has 0 rings (SSSR count). The lowest BCUT2D eigenvalue weighted by atomic mass is 9.86. The summed E-state index contributed by atoms with van der Waals surface area (Å²) in [6, 6.07) is 0. The minimum absolute atomic E-state index is 0.116. The highest BCUT2D eigenvalue weighted by Crippen LogP contribution is 2.24. The van der Waals surface area contributed by atoms with Gasteiger partial charge in [-0.3, -0.25) is 9.69 Å². The largest absolute Gasteiger partial charge is 0.480 e. The molecule has 0 aliphatic rings. The zero-order valence-electron chi connectivity index (χ0n) is 9.29. The normalized spacial score (nSPS) is 16.2. The minimum atomic E-state index is -0.733. The first kappa shape index (κ1) is 12.4. The van der Waals surface area contributed by atoms with Crippen LogP contribution < -0.4 is 0 Å². The second-order valence-electron chi connectivity index (χ2n) is 3.78. The fourth-order valence-electron chi connectivity index (χ4n) is 1.63. The van der Waals surface area contributed by atoms with E-state index in [4.69, 9.17) is 0 Å². The van der Waals surface area contributed by atoms with E-state index in [1.807, 2.05) is 32.6 Å². The van der Waals surface area contributed by atoms with Crippen LogP contribution in [0.2, 0.25) is 0 Å². The van der Waals surface area contributed by atoms with Gasteiger partial charge in [0.05, 0.1) is 0 Å². The van der Waals surface area contributed by atoms with E-state index in [2.05, 4.69) is 0 Å². The molecule has 3 nitrogen and oxygen atoms in total. The van der Waals surface area contributed by atoms with Gasteiger partial charge in [0.2, 0.25) is 0 Å². The summed E-state index contributed by atoms with van der Waals surface area (Å²) >= 11 is 0. The van der Waals surface area contributed by atoms with Crippen LogP contribution in [0.1, 0.15) is 34.6 Å². The summed E-state index contributed by atoms with van der Waals surface area (Å²) in [4.78, 5) is 13.2. The second kappa shape index (κ2) is 4.61. The Balaban J connectivity index is 4.86. The van der Waals surface area contributed by atoms with Gasteiger partial charge < -0.3 is 5.11 Å². The topological polar surface area (TPSA) is 40.5 Å². The van der Waals surface area contributed by atoms with Crippen molar-refractivity contribution >= 4 is 5.97 Å². The molecule has 0 saturated heterocycles. The molecule has 0 amide bonds. The van der Waals surface area contributed by atoms with E-state index in [0.717, 1.165) is 13.1 Å². The summed E-state index contributed by atoms with van der Waals surface area (Å²) in [7, 11) is 0. The molecule has 0 heterocycles. The van der Waals surface area contributed by atoms with Gasteiger partial charge in [-0.15, -0.1) is 0 Å². The van der Waals surface area contributed by atoms with Crippen LogP contribution in [0.25, 0.3) is 0 Å². The predicted molar refractivity (Wildman–Crippen MR) is 53.8 cm³/mol. The maximum absolute atomic E-state index is 11.2. The summed E-state index contributed by atoms with van der Waals surface area (Å²) in [5, 5.41) is 9.19. The van der Waals surface area contributed by atoms with Crippen LogP contribution in [0.15, 0.2) is 0 Å². The lowest BCUT2D eigenvalue weighted by molar-refractivity contribution is -0.153. The van der Waals surface area contributed by atoms with E-state index in [1.165, 1.54) is 0 Å². The van der Waals surface area contributed by atoms with E-state index in [1.54, 1.807) is 6.92 Å². The van der Waals surface area contributed by atoms with Gasteiger partial charge in [0, 0.05) is 0 Å². The second-order valence-corrected chi connectivity index (χ2v) is 3.78. The Morgan fingerprint density at radius 3 is 1.85 bits per heavy atom. The van der Waals surface area contributed by atoms with Gasteiger partial charge in [0.25, 0.3) is 0 Å². The highest BCUT2D eigenvalue weighted by atomic mass is 16.4. The maximum atomic E-state index is 11.2. The average Bonchev–Trinajstić information content (AvgIpc) is 2.05. The molecule has 1 N–H and O–H groups in total. The van der Waals surface area contributed by atoms with Crippen molar-refractivity contribution in [1.29, 1.82) is 0 Å². The molecule has 78 valence electrons. The Hall–Kier alpha value is -0.570. The SMILES string of the molecule is CCN(CC)C(C)(C(=O)O)C(C)C. The van der Waals surface area contributed by atoms with Gasteiger partial charge >= 0.3 is 5.97 Å². The van der Waals surface area contributed by atoms with Gasteiger partial charge in [-0.2, -0.15) is 0 Å². The standard InChI is InChI=1S/C10H21NO2/c1-6-11(7-2)10(5,8(3)4)9(12)13/h8H,6-7H2,1-5H3,(H,12,13). The Morgan fingerprint density at radius 1 is 1.38 bits per heavy atom. The van der Waals surface area contributed by atoms with Gasteiger partial charge in [-0.1, -0.05) is 27.7 Å². The monoisotopic (exact) mass is 187 g/mol. The van der Waals surface area contributed by atoms with Crippen molar-refractivity contribution in [2.45, 2.75) is 40.2 Å². The third kappa shape index (κ3) is 2.21. The fraction of sp³-hybridized carbons (Fsp3) is 0.900. The molecule has 3 heteroatoms. The maximum Gasteiger partial charge on any atom is 0.324 e. The zero-order valence-corrected chi connectivity index (χ0v) is 9.29. The predicted octanol–water partition coefficient (Wildman–Crippen LogP) is 1.83. The van der Waals surface area contributed by atoms with E-state index in [9.17, 15) is 9.90 Å². The average molecular weight is 187 g/mol. The van der Waals surface area contributed by atoms with Crippen molar-refractivity contribution in [2.75, 3.05) is 13.1 Å². The number of aliphatic carboxylic acids is 1. The van der Waals surface area contributed by atoms with E-state index >= 15 is 0 Å². The molecule has 0 aromatic rings.